The molecule has 0 radical (unpaired) electrons. The van der Waals surface area contributed by atoms with E-state index in [-0.39, 0.29) is 104 Å². The number of phenols is 3. The summed E-state index contributed by atoms with van der Waals surface area (Å²) < 4.78 is 37.5. The van der Waals surface area contributed by atoms with Gasteiger partial charge in [0.15, 0.2) is 28.8 Å². The quantitative estimate of drug-likeness (QED) is 0.0213. The van der Waals surface area contributed by atoms with Gasteiger partial charge >= 0.3 is 18.1 Å². The second-order valence-corrected chi connectivity index (χ2v) is 38.2. The maximum atomic E-state index is 16.8. The van der Waals surface area contributed by atoms with Crippen LogP contribution in [-0.2, 0) is 57.4 Å². The number of carbonyl (C=O) groups is 11. The van der Waals surface area contributed by atoms with Crippen LogP contribution in [0.25, 0.3) is 11.1 Å². The number of benzene rings is 5. The number of likely N-dealkylation sites (N-methyl/N-ethyl adjacent to an activating group) is 1. The lowest BCUT2D eigenvalue weighted by atomic mass is 9.51. The van der Waals surface area contributed by atoms with E-state index in [1.165, 1.54) is 43.4 Å². The topological polar surface area (TPSA) is 480 Å². The first-order valence-electron chi connectivity index (χ1n) is 43.8. The standard InChI is InChI=1S/C93H117Cl2N7O25/c1-11-12-13-14-15-16-17-26-96-90(120)97-72(109)39-53-36-64(106)77(100-87(118)61(27-44(2)3)102(10)91(121)127-93(7,8)9)79(111)48-19-22-67(59(94)34-48)122-70-37-52-38-71(84(70)125-89-83(115)82(114)81(113)69(124-89)24-25-73(110)126-92(4,5)6)123-68-23-20-49(35-60(68)95)80(112)78-88(119)99-76(66(108)42-55-50-29-45-28-46(31-50)32-51(55)30-45)58-40-54(103)41-63(105)74(58)57-33-47(18-21-62(57)104)56(86(117)101-78)43-65(107)75(52)98-85(53)116/h18-23,33-35,37-38,40-41,44-46,50-51,53,55-56,61,69,75-83,89,103-105,111-115H,11-17,24-32,36,39,42-43H2,1-10H3,(H,98,116)(H,99,119)(H,100,118)(H,101,117)(H2,96,97,109,120)/t45?,46?,50?,51?,53-,55?,56+,61+,69+,75?,76-,77-,78-,79+,80+,81+,82-,83+,89-/m0/s1. The number of aliphatic hydroxyl groups excluding tert-OH is 5. The smallest absolute Gasteiger partial charge is 0.410 e. The van der Waals surface area contributed by atoms with Crippen molar-refractivity contribution in [3.05, 3.63) is 117 Å². The lowest BCUT2D eigenvalue weighted by molar-refractivity contribution is -0.273. The molecule has 127 heavy (non-hydrogen) atoms. The number of hydrogen-bond acceptors (Lipinski definition) is 25. The van der Waals surface area contributed by atoms with E-state index in [4.69, 9.17) is 51.6 Å². The second kappa shape index (κ2) is 40.6. The average molecular weight is 1800 g/mol. The highest BCUT2D eigenvalue weighted by atomic mass is 35.5. The molecule has 4 aliphatic carbocycles. The Labute approximate surface area is 746 Å². The van der Waals surface area contributed by atoms with E-state index < -0.39 is 227 Å². The van der Waals surface area contributed by atoms with E-state index in [0.717, 1.165) is 118 Å². The van der Waals surface area contributed by atoms with Gasteiger partial charge < -0.3 is 95.9 Å². The minimum Gasteiger partial charge on any atom is -0.508 e. The Kier molecular flexibility index (Phi) is 30.7. The number of urea groups is 1. The number of ether oxygens (including phenoxy) is 6. The number of halogens is 2. The maximum Gasteiger partial charge on any atom is 0.410 e. The molecule has 0 aromatic heterocycles. The van der Waals surface area contributed by atoms with Gasteiger partial charge in [0.05, 0.1) is 28.0 Å². The number of amides is 8. The number of unbranched alkanes of at least 4 members (excludes halogenated alkanes) is 6. The minimum atomic E-state index is -2.27. The summed E-state index contributed by atoms with van der Waals surface area (Å²) in [5, 5.41) is 112. The van der Waals surface area contributed by atoms with Crippen LogP contribution < -0.4 is 46.1 Å². The number of aliphatic hydroxyl groups is 5. The Balaban J connectivity index is 1.05. The molecule has 1 saturated heterocycles. The summed E-state index contributed by atoms with van der Waals surface area (Å²) >= 11 is 14.5. The number of carbonyl (C=O) groups excluding carboxylic acids is 11. The van der Waals surface area contributed by atoms with Crippen LogP contribution in [-0.4, -0.2) is 184 Å². The monoisotopic (exact) mass is 1800 g/mol. The van der Waals surface area contributed by atoms with Crippen LogP contribution in [0.4, 0.5) is 9.59 Å². The fourth-order valence-electron chi connectivity index (χ4n) is 18.8. The molecule has 4 saturated carbocycles. The summed E-state index contributed by atoms with van der Waals surface area (Å²) in [6.45, 7) is 15.4. The molecule has 14 atom stereocenters. The van der Waals surface area contributed by atoms with Crippen LogP contribution in [0.1, 0.15) is 242 Å². The molecule has 34 heteroatoms. The number of rotatable bonds is 23. The summed E-state index contributed by atoms with van der Waals surface area (Å²) in [5.41, 5.74) is -3.83. The Hall–Kier alpha value is -10.2. The van der Waals surface area contributed by atoms with E-state index in [9.17, 15) is 60.0 Å². The van der Waals surface area contributed by atoms with Gasteiger partial charge in [-0.15, -0.1) is 0 Å². The summed E-state index contributed by atoms with van der Waals surface area (Å²) in [7, 11) is 1.29. The Morgan fingerprint density at radius 2 is 1.23 bits per heavy atom. The third-order valence-electron chi connectivity index (χ3n) is 24.9. The highest BCUT2D eigenvalue weighted by molar-refractivity contribution is 6.32. The van der Waals surface area contributed by atoms with Gasteiger partial charge in [0.25, 0.3) is 0 Å². The Bertz CT molecular complexity index is 4940. The van der Waals surface area contributed by atoms with E-state index in [0.29, 0.717) is 18.3 Å². The number of aromatic hydroxyl groups is 3. The zero-order valence-corrected chi connectivity index (χ0v) is 74.4. The molecule has 6 heterocycles. The van der Waals surface area contributed by atoms with Gasteiger partial charge in [0, 0.05) is 62.9 Å². The number of Topliss-reactive ketones (excluding diaryl/α,β-unsaturated/α-hetero) is 3. The molecule has 10 aliphatic rings. The van der Waals surface area contributed by atoms with Gasteiger partial charge in [-0.2, -0.15) is 0 Å². The summed E-state index contributed by atoms with van der Waals surface area (Å²) in [6.07, 6.45) is -8.39. The van der Waals surface area contributed by atoms with Gasteiger partial charge in [0.1, 0.15) is 101 Å². The van der Waals surface area contributed by atoms with Crippen LogP contribution >= 0.6 is 23.2 Å². The molecule has 1 unspecified atom stereocenters. The van der Waals surface area contributed by atoms with Crippen molar-refractivity contribution in [3.63, 3.8) is 0 Å². The first kappa shape index (κ1) is 95.9. The molecule has 0 spiro atoms. The minimum absolute atomic E-state index is 0.0553. The molecular weight excluding hydrogens is 1690 g/mol. The molecule has 15 rings (SSSR count). The first-order chi connectivity index (χ1) is 60.0. The molecule has 8 amide bonds. The fourth-order valence-corrected chi connectivity index (χ4v) is 19.2. The molecule has 15 bridgehead atoms. The van der Waals surface area contributed by atoms with E-state index >= 15 is 33.6 Å². The second-order valence-electron chi connectivity index (χ2n) is 37.4. The molecule has 688 valence electrons. The van der Waals surface area contributed by atoms with Crippen molar-refractivity contribution in [3.8, 4) is 57.1 Å². The van der Waals surface area contributed by atoms with Gasteiger partial charge in [0.2, 0.25) is 41.6 Å². The predicted molar refractivity (Wildman–Crippen MR) is 461 cm³/mol. The third-order valence-corrected chi connectivity index (χ3v) is 25.5. The Morgan fingerprint density at radius 1 is 0.622 bits per heavy atom. The maximum absolute atomic E-state index is 16.8. The predicted octanol–water partition coefficient (Wildman–Crippen LogP) is 11.7. The van der Waals surface area contributed by atoms with Gasteiger partial charge in [-0.1, -0.05) is 101 Å². The molecule has 5 fully saturated rings. The first-order valence-corrected chi connectivity index (χ1v) is 44.5. The van der Waals surface area contributed by atoms with Crippen molar-refractivity contribution in [2.24, 2.45) is 41.4 Å². The highest BCUT2D eigenvalue weighted by Crippen LogP contribution is 2.58. The van der Waals surface area contributed by atoms with Gasteiger partial charge in [-0.3, -0.25) is 53.4 Å². The van der Waals surface area contributed by atoms with E-state index in [1.54, 1.807) is 55.4 Å². The highest BCUT2D eigenvalue weighted by Gasteiger charge is 2.52. The average Bonchev–Trinajstić information content (AvgIpc) is 0.757. The van der Waals surface area contributed by atoms with E-state index in [2.05, 4.69) is 38.8 Å². The van der Waals surface area contributed by atoms with Crippen molar-refractivity contribution in [1.29, 1.82) is 0 Å². The number of phenolic OH excluding ortho intramolecular Hbond substituents is 3. The molecule has 14 N–H and O–H groups in total. The summed E-state index contributed by atoms with van der Waals surface area (Å²) in [4.78, 5) is 168. The van der Waals surface area contributed by atoms with Crippen LogP contribution in [0.5, 0.6) is 46.0 Å². The molecule has 6 aliphatic heterocycles. The van der Waals surface area contributed by atoms with Gasteiger partial charge in [-0.25, -0.2) is 9.59 Å². The number of nitrogens with zero attached hydrogens (tertiary/aromatic N) is 1. The fraction of sp³-hybridized carbons (Fsp3) is 0.559. The summed E-state index contributed by atoms with van der Waals surface area (Å²) in [6, 6.07) is 4.18. The van der Waals surface area contributed by atoms with Crippen LogP contribution in [0.3, 0.4) is 0 Å². The van der Waals surface area contributed by atoms with Crippen molar-refractivity contribution in [2.45, 2.75) is 275 Å². The lowest BCUT2D eigenvalue weighted by Gasteiger charge is -2.54. The summed E-state index contributed by atoms with van der Waals surface area (Å²) in [5.74, 6) is -17.2. The van der Waals surface area contributed by atoms with Crippen molar-refractivity contribution < 1.29 is 122 Å². The third kappa shape index (κ3) is 23.3. The number of nitrogens with one attached hydrogen (secondary N) is 6. The largest absolute Gasteiger partial charge is 0.508 e. The molecule has 5 aromatic carbocycles. The number of esters is 1. The lowest BCUT2D eigenvalue weighted by Crippen LogP contribution is -2.59. The zero-order chi connectivity index (χ0) is 92.1. The SMILES string of the molecule is CCCCCCCCCNC(=O)NC(=O)C[C@@H]1CC(=O)[C@H](NC(=O)[C@@H](CC(C)C)N(C)C(=O)OC(C)(C)C)[C@H](O)c2ccc(c(Cl)c2)Oc2cc3cc(c2O[C@@H]2O[C@H](CCC(=O)OC(C)(C)C)[C@@H](O)[C@H](O)[C@H]2O)Oc2ccc(cc2Cl)[C@@H](O)[C@@H]2NC(=O)[C@H](CC(=O)C3NC1=O)c1ccc(O)c(c1)-c1c(O)cc(O)cc1[C@@H](C(=O)CC1C3CC4CC(C3)CC1C4)NC2=O. The molecular formula is C93H117Cl2N7O25. The van der Waals surface area contributed by atoms with Crippen LogP contribution in [0, 0.1) is 41.4 Å². The number of hydrogen-bond donors (Lipinski definition) is 14. The van der Waals surface area contributed by atoms with Crippen LogP contribution in [0.2, 0.25) is 10.0 Å². The Morgan fingerprint density at radius 3 is 1.83 bits per heavy atom. The number of imide groups is 1. The number of fused-ring (bicyclic) bond motifs is 15. The molecule has 32 nitrogen and oxygen atoms in total. The van der Waals surface area contributed by atoms with E-state index in [1.807, 2.05) is 0 Å². The normalized spacial score (nSPS) is 26.7. The van der Waals surface area contributed by atoms with Crippen molar-refractivity contribution in [2.75, 3.05) is 13.6 Å². The number of ketones is 3. The molecule has 5 aromatic rings. The van der Waals surface area contributed by atoms with Gasteiger partial charge in [-0.05, 0) is 211 Å². The van der Waals surface area contributed by atoms with Crippen molar-refractivity contribution in [1.82, 2.24) is 36.8 Å². The zero-order valence-electron chi connectivity index (χ0n) is 72.9. The van der Waals surface area contributed by atoms with Crippen LogP contribution in [0.15, 0.2) is 78.9 Å². The van der Waals surface area contributed by atoms with Crippen molar-refractivity contribution >= 4 is 88.2 Å².